The van der Waals surface area contributed by atoms with E-state index in [-0.39, 0.29) is 24.2 Å². The highest BCUT2D eigenvalue weighted by Gasteiger charge is 2.58. The Labute approximate surface area is 220 Å². The second kappa shape index (κ2) is 9.68. The Morgan fingerprint density at radius 3 is 2.62 bits per heavy atom. The number of nitrogens with one attached hydrogen (secondary N) is 2. The SMILES string of the molecule is COCCNc1nc(C)c(-c2nc3c(C)nccc3s2)c(N[C@@H]2CC(C(C)(C)F)[C@H]3OC(C)(C)O[C@H]32)n1. The highest BCUT2D eigenvalue weighted by Crippen LogP contribution is 2.48. The zero-order valence-electron chi connectivity index (χ0n) is 22.4. The van der Waals surface area contributed by atoms with Crippen LogP contribution in [0.15, 0.2) is 12.3 Å². The summed E-state index contributed by atoms with van der Waals surface area (Å²) in [6, 6.07) is 1.76. The minimum atomic E-state index is -1.42. The minimum Gasteiger partial charge on any atom is -0.383 e. The number of thiazole rings is 1. The number of alkyl halides is 1. The maximum Gasteiger partial charge on any atom is 0.224 e. The van der Waals surface area contributed by atoms with E-state index < -0.39 is 11.5 Å². The van der Waals surface area contributed by atoms with Crippen LogP contribution in [0.5, 0.6) is 0 Å². The van der Waals surface area contributed by atoms with Gasteiger partial charge in [0.05, 0.1) is 40.4 Å². The highest BCUT2D eigenvalue weighted by molar-refractivity contribution is 7.21. The Morgan fingerprint density at radius 1 is 1.16 bits per heavy atom. The van der Waals surface area contributed by atoms with Crippen molar-refractivity contribution in [2.24, 2.45) is 5.92 Å². The number of aromatic nitrogens is 4. The number of pyridine rings is 1. The van der Waals surface area contributed by atoms with Gasteiger partial charge >= 0.3 is 0 Å². The van der Waals surface area contributed by atoms with Crippen molar-refractivity contribution in [3.63, 3.8) is 0 Å². The Bertz CT molecular complexity index is 1290. The second-order valence-corrected chi connectivity index (χ2v) is 11.8. The summed E-state index contributed by atoms with van der Waals surface area (Å²) >= 11 is 1.57. The van der Waals surface area contributed by atoms with E-state index in [1.54, 1.807) is 38.5 Å². The van der Waals surface area contributed by atoms with Crippen LogP contribution in [0.4, 0.5) is 16.2 Å². The second-order valence-electron chi connectivity index (χ2n) is 10.8. The van der Waals surface area contributed by atoms with E-state index in [1.165, 1.54) is 0 Å². The van der Waals surface area contributed by atoms with Gasteiger partial charge in [-0.05, 0) is 54.0 Å². The van der Waals surface area contributed by atoms with Gasteiger partial charge in [-0.1, -0.05) is 0 Å². The summed E-state index contributed by atoms with van der Waals surface area (Å²) < 4.78 is 34.0. The van der Waals surface area contributed by atoms with Crippen LogP contribution in [0.25, 0.3) is 20.8 Å². The van der Waals surface area contributed by atoms with E-state index in [9.17, 15) is 0 Å². The summed E-state index contributed by atoms with van der Waals surface area (Å²) in [5, 5.41) is 7.64. The number of hydrogen-bond donors (Lipinski definition) is 2. The molecule has 1 saturated carbocycles. The zero-order valence-corrected chi connectivity index (χ0v) is 23.2. The van der Waals surface area contributed by atoms with Crippen molar-refractivity contribution in [2.45, 2.75) is 77.7 Å². The van der Waals surface area contributed by atoms with Gasteiger partial charge in [-0.25, -0.2) is 14.4 Å². The van der Waals surface area contributed by atoms with Crippen molar-refractivity contribution in [1.82, 2.24) is 19.9 Å². The molecule has 2 N–H and O–H groups in total. The largest absolute Gasteiger partial charge is 0.383 e. The van der Waals surface area contributed by atoms with Gasteiger partial charge in [0.2, 0.25) is 5.95 Å². The molecule has 9 nitrogen and oxygen atoms in total. The lowest BCUT2D eigenvalue weighted by Gasteiger charge is -2.29. The van der Waals surface area contributed by atoms with Gasteiger partial charge in [0.15, 0.2) is 5.79 Å². The maximum absolute atomic E-state index is 15.3. The molecule has 200 valence electrons. The lowest BCUT2D eigenvalue weighted by molar-refractivity contribution is -0.162. The van der Waals surface area contributed by atoms with E-state index in [1.807, 2.05) is 33.8 Å². The van der Waals surface area contributed by atoms with Crippen molar-refractivity contribution < 1.29 is 18.6 Å². The summed E-state index contributed by atoms with van der Waals surface area (Å²) in [6.07, 6.45) is 1.67. The molecule has 0 amide bonds. The molecule has 1 aliphatic carbocycles. The predicted molar refractivity (Wildman–Crippen MR) is 143 cm³/mol. The van der Waals surface area contributed by atoms with Crippen LogP contribution in [-0.4, -0.2) is 69.9 Å². The number of methoxy groups -OCH3 is 1. The average molecular weight is 531 g/mol. The smallest absolute Gasteiger partial charge is 0.224 e. The molecule has 5 rings (SSSR count). The van der Waals surface area contributed by atoms with Gasteiger partial charge in [-0.15, -0.1) is 11.3 Å². The molecular weight excluding hydrogens is 495 g/mol. The average Bonchev–Trinajstić information content (AvgIpc) is 3.45. The number of hydrogen-bond acceptors (Lipinski definition) is 10. The number of fused-ring (bicyclic) bond motifs is 2. The summed E-state index contributed by atoms with van der Waals surface area (Å²) in [4.78, 5) is 18.9. The molecule has 0 radical (unpaired) electrons. The van der Waals surface area contributed by atoms with Gasteiger partial charge in [0, 0.05) is 25.8 Å². The van der Waals surface area contributed by atoms with Gasteiger partial charge in [-0.2, -0.15) is 4.98 Å². The van der Waals surface area contributed by atoms with Crippen LogP contribution in [0.1, 0.15) is 45.5 Å². The first-order valence-corrected chi connectivity index (χ1v) is 13.4. The zero-order chi connectivity index (χ0) is 26.5. The van der Waals surface area contributed by atoms with Crippen LogP contribution in [0.3, 0.4) is 0 Å². The van der Waals surface area contributed by atoms with E-state index in [2.05, 4.69) is 15.6 Å². The van der Waals surface area contributed by atoms with Crippen molar-refractivity contribution in [1.29, 1.82) is 0 Å². The number of rotatable bonds is 8. The van der Waals surface area contributed by atoms with Gasteiger partial charge in [0.1, 0.15) is 28.1 Å². The molecular formula is C26H35FN6O3S. The predicted octanol–water partition coefficient (Wildman–Crippen LogP) is 4.89. The third-order valence-electron chi connectivity index (χ3n) is 7.05. The summed E-state index contributed by atoms with van der Waals surface area (Å²) in [6.45, 7) is 12.0. The van der Waals surface area contributed by atoms with Crippen molar-refractivity contribution in [3.05, 3.63) is 23.7 Å². The van der Waals surface area contributed by atoms with Crippen molar-refractivity contribution >= 4 is 33.3 Å². The van der Waals surface area contributed by atoms with Crippen LogP contribution in [0.2, 0.25) is 0 Å². The Morgan fingerprint density at radius 2 is 1.92 bits per heavy atom. The number of aryl methyl sites for hydroxylation is 2. The molecule has 1 aliphatic heterocycles. The van der Waals surface area contributed by atoms with E-state index in [0.29, 0.717) is 31.3 Å². The summed E-state index contributed by atoms with van der Waals surface area (Å²) in [5.41, 5.74) is 1.91. The van der Waals surface area contributed by atoms with Gasteiger partial charge in [0.25, 0.3) is 0 Å². The molecule has 3 aromatic heterocycles. The molecule has 1 saturated heterocycles. The third kappa shape index (κ3) is 5.14. The van der Waals surface area contributed by atoms with Gasteiger partial charge < -0.3 is 24.8 Å². The maximum atomic E-state index is 15.3. The molecule has 2 aliphatic rings. The first-order valence-electron chi connectivity index (χ1n) is 12.6. The Hall–Kier alpha value is -2.47. The van der Waals surface area contributed by atoms with Crippen LogP contribution in [0, 0.1) is 19.8 Å². The fourth-order valence-corrected chi connectivity index (χ4v) is 6.45. The molecule has 11 heteroatoms. The molecule has 4 heterocycles. The summed E-state index contributed by atoms with van der Waals surface area (Å²) in [5.74, 6) is 0.0132. The number of nitrogens with zero attached hydrogens (tertiary/aromatic N) is 4. The van der Waals surface area contributed by atoms with Crippen molar-refractivity contribution in [2.75, 3.05) is 30.9 Å². The Kier molecular flexibility index (Phi) is 6.84. The Balaban J connectivity index is 1.55. The summed E-state index contributed by atoms with van der Waals surface area (Å²) in [7, 11) is 1.65. The first-order chi connectivity index (χ1) is 17.5. The molecule has 37 heavy (non-hydrogen) atoms. The van der Waals surface area contributed by atoms with E-state index in [0.717, 1.165) is 32.2 Å². The third-order valence-corrected chi connectivity index (χ3v) is 8.09. The molecule has 1 unspecified atom stereocenters. The lowest BCUT2D eigenvalue weighted by atomic mass is 9.89. The van der Waals surface area contributed by atoms with Crippen LogP contribution < -0.4 is 10.6 Å². The van der Waals surface area contributed by atoms with E-state index >= 15 is 4.39 Å². The topological polar surface area (TPSA) is 103 Å². The number of halogens is 1. The lowest BCUT2D eigenvalue weighted by Crippen LogP contribution is -2.36. The van der Waals surface area contributed by atoms with Crippen LogP contribution >= 0.6 is 11.3 Å². The first kappa shape index (κ1) is 26.1. The van der Waals surface area contributed by atoms with Crippen molar-refractivity contribution in [3.8, 4) is 10.6 Å². The molecule has 4 atom stereocenters. The molecule has 3 aromatic rings. The number of ether oxygens (including phenoxy) is 3. The highest BCUT2D eigenvalue weighted by atomic mass is 32.1. The standard InChI is InChI=1S/C26H35FN6O3S/c1-13-18(23-32-19-14(2)28-9-8-17(19)37-23)22(33-24(30-13)29-10-11-34-7)31-16-12-15(25(3,4)27)20-21(16)36-26(5,6)35-20/h8-9,15-16,20-21H,10-12H2,1-7H3,(H2,29,30,31,33)/t15?,16-,20-,21+/m1/s1. The van der Waals surface area contributed by atoms with E-state index in [4.69, 9.17) is 29.2 Å². The molecule has 2 fully saturated rings. The monoisotopic (exact) mass is 530 g/mol. The molecule has 0 aromatic carbocycles. The normalized spacial score (nSPS) is 25.0. The fraction of sp³-hybridized carbons (Fsp3) is 0.615. The quantitative estimate of drug-likeness (QED) is 0.394. The minimum absolute atomic E-state index is 0.204. The molecule has 0 bridgehead atoms. The molecule has 0 spiro atoms. The van der Waals surface area contributed by atoms with Crippen LogP contribution in [-0.2, 0) is 14.2 Å². The number of anilines is 2. The fourth-order valence-electron chi connectivity index (χ4n) is 5.34. The van der Waals surface area contributed by atoms with Gasteiger partial charge in [-0.3, -0.25) is 4.98 Å².